The molecule has 0 aliphatic carbocycles. The predicted octanol–water partition coefficient (Wildman–Crippen LogP) is 5.18. The summed E-state index contributed by atoms with van der Waals surface area (Å²) in [5.74, 6) is -0.932. The van der Waals surface area contributed by atoms with Gasteiger partial charge in [-0.2, -0.15) is 0 Å². The van der Waals surface area contributed by atoms with Crippen LogP contribution >= 0.6 is 0 Å². The molecule has 7 nitrogen and oxygen atoms in total. The Hall–Kier alpha value is -4.08. The molecular weight excluding hydrogens is 528 g/mol. The lowest BCUT2D eigenvalue weighted by Gasteiger charge is -2.23. The van der Waals surface area contributed by atoms with Crippen LogP contribution < -0.4 is 21.3 Å². The molecule has 41 heavy (non-hydrogen) atoms. The molecule has 1 aliphatic rings. The predicted molar refractivity (Wildman–Crippen MR) is 153 cm³/mol. The second-order valence-corrected chi connectivity index (χ2v) is 10.1. The number of nitrogens with one attached hydrogen (secondary N) is 1. The van der Waals surface area contributed by atoms with Crippen LogP contribution in [0.25, 0.3) is 11.1 Å². The molecule has 0 saturated carbocycles. The van der Waals surface area contributed by atoms with Crippen molar-refractivity contribution in [3.05, 3.63) is 122 Å². The molecule has 0 spiro atoms. The van der Waals surface area contributed by atoms with Crippen molar-refractivity contribution in [1.82, 2.24) is 14.5 Å². The second kappa shape index (κ2) is 12.6. The Morgan fingerprint density at radius 2 is 1.66 bits per heavy atom. The number of rotatable bonds is 9. The Morgan fingerprint density at radius 3 is 2.29 bits per heavy atom. The number of aromatic nitrogens is 2. The molecule has 0 amide bonds. The van der Waals surface area contributed by atoms with Crippen LogP contribution in [0, 0.1) is 18.6 Å². The van der Waals surface area contributed by atoms with Gasteiger partial charge in [-0.05, 0) is 62.2 Å². The smallest absolute Gasteiger partial charge is 0.331 e. The van der Waals surface area contributed by atoms with Gasteiger partial charge >= 0.3 is 5.69 Å². The largest absolute Gasteiger partial charge is 0.465 e. The molecule has 2 atom stereocenters. The van der Waals surface area contributed by atoms with E-state index in [2.05, 4.69) is 5.32 Å². The topological polar surface area (TPSA) is 74.5 Å². The highest BCUT2D eigenvalue weighted by Gasteiger charge is 2.23. The van der Waals surface area contributed by atoms with Crippen molar-refractivity contribution in [2.45, 2.75) is 51.6 Å². The second-order valence-electron chi connectivity index (χ2n) is 10.1. The van der Waals surface area contributed by atoms with Crippen LogP contribution in [0.4, 0.5) is 8.78 Å². The number of nitrogens with zero attached hydrogens (tertiary/aromatic N) is 2. The van der Waals surface area contributed by atoms with Gasteiger partial charge < -0.3 is 14.8 Å². The fourth-order valence-corrected chi connectivity index (χ4v) is 5.21. The van der Waals surface area contributed by atoms with E-state index in [0.717, 1.165) is 41.5 Å². The standard InChI is InChI=1S/C32H33F2N3O4/c1-21-30(23-14-16-24(17-15-23)41-29-13-6-7-18-40-29)31(38)37(20-28(35-2)22-9-4-3-5-10-22)32(39)36(21)19-25-26(33)11-8-12-27(25)34/h3-5,8-12,14-17,28-29,35H,6-7,13,18-20H2,1-2H3/t28-,29?/m0/s1. The molecule has 1 aromatic heterocycles. The molecule has 3 aromatic carbocycles. The summed E-state index contributed by atoms with van der Waals surface area (Å²) in [5.41, 5.74) is 0.637. The Balaban J connectivity index is 1.60. The van der Waals surface area contributed by atoms with E-state index < -0.39 is 22.9 Å². The SMILES string of the molecule is CN[C@@H](Cn1c(=O)c(-c2ccc(OC3CCCCO3)cc2)c(C)n(Cc2c(F)cccc2F)c1=O)c1ccccc1. The zero-order valence-corrected chi connectivity index (χ0v) is 23.1. The number of ether oxygens (including phenoxy) is 2. The van der Waals surface area contributed by atoms with E-state index in [9.17, 15) is 18.4 Å². The molecule has 0 bridgehead atoms. The van der Waals surface area contributed by atoms with Gasteiger partial charge in [-0.15, -0.1) is 0 Å². The number of hydrogen-bond acceptors (Lipinski definition) is 5. The number of benzene rings is 3. The molecule has 1 saturated heterocycles. The van der Waals surface area contributed by atoms with Crippen molar-refractivity contribution in [2.24, 2.45) is 0 Å². The summed E-state index contributed by atoms with van der Waals surface area (Å²) in [5, 5.41) is 3.17. The van der Waals surface area contributed by atoms with Crippen LogP contribution in [-0.2, 0) is 17.8 Å². The summed E-state index contributed by atoms with van der Waals surface area (Å²) in [6.45, 7) is 1.92. The van der Waals surface area contributed by atoms with Crippen molar-refractivity contribution in [3.8, 4) is 16.9 Å². The quantitative estimate of drug-likeness (QED) is 0.305. The molecule has 9 heteroatoms. The van der Waals surface area contributed by atoms with Gasteiger partial charge in [0.15, 0.2) is 6.29 Å². The van der Waals surface area contributed by atoms with Crippen molar-refractivity contribution in [2.75, 3.05) is 13.7 Å². The summed E-state index contributed by atoms with van der Waals surface area (Å²) in [6, 6.07) is 19.7. The van der Waals surface area contributed by atoms with E-state index in [-0.39, 0.29) is 36.5 Å². The number of halogens is 2. The molecule has 2 heterocycles. The molecular formula is C32H33F2N3O4. The minimum atomic E-state index is -0.764. The van der Waals surface area contributed by atoms with Gasteiger partial charge in [0, 0.05) is 17.7 Å². The highest BCUT2D eigenvalue weighted by atomic mass is 19.1. The maximum absolute atomic E-state index is 14.7. The molecule has 1 unspecified atom stereocenters. The third kappa shape index (κ3) is 6.16. The average Bonchev–Trinajstić information content (AvgIpc) is 2.98. The maximum atomic E-state index is 14.7. The van der Waals surface area contributed by atoms with Gasteiger partial charge in [-0.25, -0.2) is 13.6 Å². The number of hydrogen-bond donors (Lipinski definition) is 1. The Kier molecular flexibility index (Phi) is 8.75. The fraction of sp³-hybridized carbons (Fsp3) is 0.312. The van der Waals surface area contributed by atoms with Crippen molar-refractivity contribution < 1.29 is 18.3 Å². The fourth-order valence-electron chi connectivity index (χ4n) is 5.21. The third-order valence-electron chi connectivity index (χ3n) is 7.53. The Morgan fingerprint density at radius 1 is 0.951 bits per heavy atom. The van der Waals surface area contributed by atoms with E-state index in [0.29, 0.717) is 23.6 Å². The summed E-state index contributed by atoms with van der Waals surface area (Å²) >= 11 is 0. The molecule has 1 aliphatic heterocycles. The molecule has 1 fully saturated rings. The zero-order chi connectivity index (χ0) is 28.9. The van der Waals surface area contributed by atoms with E-state index in [1.54, 1.807) is 38.2 Å². The minimum absolute atomic E-state index is 0.0193. The highest BCUT2D eigenvalue weighted by Crippen LogP contribution is 2.26. The first-order valence-corrected chi connectivity index (χ1v) is 13.8. The van der Waals surface area contributed by atoms with Crippen LogP contribution in [-0.4, -0.2) is 29.1 Å². The summed E-state index contributed by atoms with van der Waals surface area (Å²) in [4.78, 5) is 27.8. The highest BCUT2D eigenvalue weighted by molar-refractivity contribution is 5.65. The first kappa shape index (κ1) is 28.4. The van der Waals surface area contributed by atoms with Crippen molar-refractivity contribution in [3.63, 3.8) is 0 Å². The minimum Gasteiger partial charge on any atom is -0.465 e. The summed E-state index contributed by atoms with van der Waals surface area (Å²) in [7, 11) is 1.75. The lowest BCUT2D eigenvalue weighted by atomic mass is 10.0. The molecule has 0 radical (unpaired) electrons. The van der Waals surface area contributed by atoms with Crippen molar-refractivity contribution in [1.29, 1.82) is 0 Å². The van der Waals surface area contributed by atoms with Crippen LogP contribution in [0.3, 0.4) is 0 Å². The van der Waals surface area contributed by atoms with Crippen LogP contribution in [0.15, 0.2) is 82.4 Å². The molecule has 5 rings (SSSR count). The lowest BCUT2D eigenvalue weighted by molar-refractivity contribution is -0.105. The van der Waals surface area contributed by atoms with Gasteiger partial charge in [0.25, 0.3) is 5.56 Å². The average molecular weight is 562 g/mol. The Labute approximate surface area is 237 Å². The van der Waals surface area contributed by atoms with E-state index >= 15 is 0 Å². The number of likely N-dealkylation sites (N-methyl/N-ethyl adjacent to an activating group) is 1. The van der Waals surface area contributed by atoms with Gasteiger partial charge in [0.2, 0.25) is 0 Å². The zero-order valence-electron chi connectivity index (χ0n) is 23.1. The lowest BCUT2D eigenvalue weighted by Crippen LogP contribution is -2.44. The van der Waals surface area contributed by atoms with E-state index in [1.807, 2.05) is 30.3 Å². The Bertz CT molecular complexity index is 1590. The van der Waals surface area contributed by atoms with Crippen molar-refractivity contribution >= 4 is 0 Å². The first-order chi connectivity index (χ1) is 19.9. The van der Waals surface area contributed by atoms with E-state index in [4.69, 9.17) is 9.47 Å². The van der Waals surface area contributed by atoms with Gasteiger partial charge in [-0.1, -0.05) is 48.5 Å². The first-order valence-electron chi connectivity index (χ1n) is 13.8. The summed E-state index contributed by atoms with van der Waals surface area (Å²) in [6.07, 6.45) is 2.53. The normalized spacial score (nSPS) is 16.0. The maximum Gasteiger partial charge on any atom is 0.331 e. The molecule has 214 valence electrons. The van der Waals surface area contributed by atoms with Gasteiger partial charge in [0.05, 0.1) is 31.3 Å². The van der Waals surface area contributed by atoms with Gasteiger partial charge in [-0.3, -0.25) is 13.9 Å². The van der Waals surface area contributed by atoms with Crippen LogP contribution in [0.2, 0.25) is 0 Å². The molecule has 4 aromatic rings. The molecule has 1 N–H and O–H groups in total. The van der Waals surface area contributed by atoms with Crippen LogP contribution in [0.1, 0.15) is 42.1 Å². The third-order valence-corrected chi connectivity index (χ3v) is 7.53. The summed E-state index contributed by atoms with van der Waals surface area (Å²) < 4.78 is 43.3. The van der Waals surface area contributed by atoms with Gasteiger partial charge in [0.1, 0.15) is 17.4 Å². The van der Waals surface area contributed by atoms with E-state index in [1.165, 1.54) is 10.6 Å². The van der Waals surface area contributed by atoms with Crippen LogP contribution in [0.5, 0.6) is 5.75 Å². The monoisotopic (exact) mass is 561 g/mol.